The Balaban J connectivity index is 2.29. The van der Waals surface area contributed by atoms with Crippen molar-refractivity contribution in [2.45, 2.75) is 6.92 Å². The van der Waals surface area contributed by atoms with Gasteiger partial charge in [-0.25, -0.2) is 4.39 Å². The molecule has 0 spiro atoms. The van der Waals surface area contributed by atoms with Gasteiger partial charge in [-0.1, -0.05) is 6.07 Å². The highest BCUT2D eigenvalue weighted by Gasteiger charge is 2.12. The number of nitrogens with one attached hydrogen (secondary N) is 2. The summed E-state index contributed by atoms with van der Waals surface area (Å²) in [5.41, 5.74) is 2.28. The summed E-state index contributed by atoms with van der Waals surface area (Å²) in [5, 5.41) is 14.5. The van der Waals surface area contributed by atoms with Gasteiger partial charge in [0.05, 0.1) is 5.69 Å². The van der Waals surface area contributed by atoms with Gasteiger partial charge >= 0.3 is 0 Å². The topological polar surface area (TPSA) is 64.9 Å². The SMILES string of the molecule is CNc1ccc(C(=O)Nc2cccc(F)c2C#N)cc1C. The Hall–Kier alpha value is -2.87. The van der Waals surface area contributed by atoms with Crippen LogP contribution in [0.2, 0.25) is 0 Å². The molecule has 21 heavy (non-hydrogen) atoms. The molecule has 0 saturated carbocycles. The van der Waals surface area contributed by atoms with Gasteiger partial charge in [0.15, 0.2) is 0 Å². The van der Waals surface area contributed by atoms with Gasteiger partial charge in [-0.2, -0.15) is 5.26 Å². The van der Waals surface area contributed by atoms with Crippen LogP contribution in [-0.4, -0.2) is 13.0 Å². The average molecular weight is 283 g/mol. The molecule has 0 heterocycles. The Morgan fingerprint density at radius 3 is 2.62 bits per heavy atom. The molecule has 0 saturated heterocycles. The molecule has 0 aromatic heterocycles. The average Bonchev–Trinajstić information content (AvgIpc) is 2.47. The lowest BCUT2D eigenvalue weighted by Crippen LogP contribution is -2.13. The van der Waals surface area contributed by atoms with Crippen molar-refractivity contribution in [2.75, 3.05) is 17.7 Å². The quantitative estimate of drug-likeness (QED) is 0.908. The maximum absolute atomic E-state index is 13.5. The fraction of sp³-hybridized carbons (Fsp3) is 0.125. The summed E-state index contributed by atoms with van der Waals surface area (Å²) < 4.78 is 13.5. The fourth-order valence-corrected chi connectivity index (χ4v) is 2.02. The number of amides is 1. The number of hydrogen-bond donors (Lipinski definition) is 2. The second kappa shape index (κ2) is 6.06. The minimum atomic E-state index is -0.656. The van der Waals surface area contributed by atoms with Crippen LogP contribution >= 0.6 is 0 Å². The summed E-state index contributed by atoms with van der Waals surface area (Å²) in [4.78, 5) is 12.2. The van der Waals surface area contributed by atoms with Gasteiger partial charge in [-0.15, -0.1) is 0 Å². The Kier molecular flexibility index (Phi) is 4.19. The Labute approximate surface area is 122 Å². The summed E-state index contributed by atoms with van der Waals surface area (Å²) in [6.45, 7) is 1.88. The van der Waals surface area contributed by atoms with E-state index in [1.54, 1.807) is 31.3 Å². The molecule has 0 unspecified atom stereocenters. The number of carbonyl (C=O) groups excluding carboxylic acids is 1. The molecular formula is C16H14FN3O. The van der Waals surface area contributed by atoms with E-state index in [0.717, 1.165) is 11.3 Å². The van der Waals surface area contributed by atoms with E-state index >= 15 is 0 Å². The molecule has 0 aliphatic carbocycles. The highest BCUT2D eigenvalue weighted by Crippen LogP contribution is 2.20. The van der Waals surface area contributed by atoms with Crippen molar-refractivity contribution in [1.82, 2.24) is 0 Å². The van der Waals surface area contributed by atoms with Crippen LogP contribution in [0.15, 0.2) is 36.4 Å². The van der Waals surface area contributed by atoms with Crippen molar-refractivity contribution >= 4 is 17.3 Å². The van der Waals surface area contributed by atoms with Crippen molar-refractivity contribution in [3.05, 3.63) is 58.9 Å². The predicted octanol–water partition coefficient (Wildman–Crippen LogP) is 3.30. The number of nitrogens with zero attached hydrogens (tertiary/aromatic N) is 1. The van der Waals surface area contributed by atoms with E-state index in [-0.39, 0.29) is 17.2 Å². The third-order valence-corrected chi connectivity index (χ3v) is 3.13. The molecule has 4 nitrogen and oxygen atoms in total. The van der Waals surface area contributed by atoms with E-state index in [9.17, 15) is 9.18 Å². The number of aryl methyl sites for hydroxylation is 1. The number of hydrogen-bond acceptors (Lipinski definition) is 3. The molecule has 0 atom stereocenters. The second-order valence-electron chi connectivity index (χ2n) is 4.51. The number of benzene rings is 2. The maximum Gasteiger partial charge on any atom is 0.255 e. The molecule has 0 bridgehead atoms. The van der Waals surface area contributed by atoms with E-state index in [1.807, 2.05) is 6.92 Å². The van der Waals surface area contributed by atoms with E-state index in [1.165, 1.54) is 18.2 Å². The number of halogens is 1. The van der Waals surface area contributed by atoms with Crippen molar-refractivity contribution < 1.29 is 9.18 Å². The van der Waals surface area contributed by atoms with Gasteiger partial charge in [0, 0.05) is 18.3 Å². The second-order valence-corrected chi connectivity index (χ2v) is 4.51. The predicted molar refractivity (Wildman–Crippen MR) is 79.8 cm³/mol. The zero-order valence-electron chi connectivity index (χ0n) is 11.7. The summed E-state index contributed by atoms with van der Waals surface area (Å²) in [6.07, 6.45) is 0. The Morgan fingerprint density at radius 1 is 1.24 bits per heavy atom. The smallest absolute Gasteiger partial charge is 0.255 e. The van der Waals surface area contributed by atoms with Crippen molar-refractivity contribution in [2.24, 2.45) is 0 Å². The van der Waals surface area contributed by atoms with Crippen LogP contribution in [0.3, 0.4) is 0 Å². The van der Waals surface area contributed by atoms with E-state index in [2.05, 4.69) is 10.6 Å². The molecule has 0 fully saturated rings. The minimum absolute atomic E-state index is 0.165. The Bertz CT molecular complexity index is 735. The normalized spacial score (nSPS) is 9.81. The largest absolute Gasteiger partial charge is 0.388 e. The monoisotopic (exact) mass is 283 g/mol. The standard InChI is InChI=1S/C16H14FN3O/c1-10-8-11(6-7-14(10)19-2)16(21)20-15-5-3-4-13(17)12(15)9-18/h3-8,19H,1-2H3,(H,20,21). The molecule has 2 aromatic carbocycles. The number of anilines is 2. The molecule has 106 valence electrons. The van der Waals surface area contributed by atoms with Crippen LogP contribution in [0.1, 0.15) is 21.5 Å². The van der Waals surface area contributed by atoms with Crippen molar-refractivity contribution in [3.63, 3.8) is 0 Å². The summed E-state index contributed by atoms with van der Waals surface area (Å²) in [6, 6.07) is 11.1. The first-order chi connectivity index (χ1) is 10.1. The third kappa shape index (κ3) is 3.00. The van der Waals surface area contributed by atoms with E-state index in [0.29, 0.717) is 5.56 Å². The van der Waals surface area contributed by atoms with Crippen LogP contribution in [0.5, 0.6) is 0 Å². The first-order valence-electron chi connectivity index (χ1n) is 6.35. The van der Waals surface area contributed by atoms with Crippen molar-refractivity contribution in [3.8, 4) is 6.07 Å². The van der Waals surface area contributed by atoms with E-state index < -0.39 is 5.82 Å². The molecule has 2 rings (SSSR count). The van der Waals surface area contributed by atoms with Crippen LogP contribution in [0.25, 0.3) is 0 Å². The highest BCUT2D eigenvalue weighted by atomic mass is 19.1. The minimum Gasteiger partial charge on any atom is -0.388 e. The van der Waals surface area contributed by atoms with Crippen molar-refractivity contribution in [1.29, 1.82) is 5.26 Å². The lowest BCUT2D eigenvalue weighted by molar-refractivity contribution is 0.102. The van der Waals surface area contributed by atoms with E-state index in [4.69, 9.17) is 5.26 Å². The fourth-order valence-electron chi connectivity index (χ4n) is 2.02. The third-order valence-electron chi connectivity index (χ3n) is 3.13. The molecule has 0 aliphatic rings. The van der Waals surface area contributed by atoms with Gasteiger partial charge in [0.1, 0.15) is 17.4 Å². The highest BCUT2D eigenvalue weighted by molar-refractivity contribution is 6.05. The number of rotatable bonds is 3. The lowest BCUT2D eigenvalue weighted by Gasteiger charge is -2.10. The molecule has 5 heteroatoms. The maximum atomic E-state index is 13.5. The Morgan fingerprint density at radius 2 is 2.00 bits per heavy atom. The van der Waals surface area contributed by atoms with Gasteiger partial charge < -0.3 is 10.6 Å². The van der Waals surface area contributed by atoms with Gasteiger partial charge in [0.2, 0.25) is 0 Å². The van der Waals surface area contributed by atoms with Crippen LogP contribution < -0.4 is 10.6 Å². The number of carbonyl (C=O) groups is 1. The summed E-state index contributed by atoms with van der Waals surface area (Å²) >= 11 is 0. The zero-order valence-corrected chi connectivity index (χ0v) is 11.7. The summed E-state index contributed by atoms with van der Waals surface area (Å²) in [5.74, 6) is -1.04. The molecule has 1 amide bonds. The molecular weight excluding hydrogens is 269 g/mol. The van der Waals surface area contributed by atoms with Gasteiger partial charge in [0.25, 0.3) is 5.91 Å². The zero-order chi connectivity index (χ0) is 15.4. The molecule has 0 aliphatic heterocycles. The summed E-state index contributed by atoms with van der Waals surface area (Å²) in [7, 11) is 1.80. The van der Waals surface area contributed by atoms with Gasteiger partial charge in [-0.3, -0.25) is 4.79 Å². The molecule has 2 N–H and O–H groups in total. The first-order valence-corrected chi connectivity index (χ1v) is 6.35. The molecule has 2 aromatic rings. The number of nitriles is 1. The van der Waals surface area contributed by atoms with Crippen LogP contribution in [0, 0.1) is 24.1 Å². The van der Waals surface area contributed by atoms with Gasteiger partial charge in [-0.05, 0) is 42.8 Å². The molecule has 0 radical (unpaired) electrons. The lowest BCUT2D eigenvalue weighted by atomic mass is 10.1. The van der Waals surface area contributed by atoms with Crippen LogP contribution in [0.4, 0.5) is 15.8 Å². The van der Waals surface area contributed by atoms with Crippen LogP contribution in [-0.2, 0) is 0 Å². The first kappa shape index (κ1) is 14.5.